The molecule has 1 saturated heterocycles. The molecule has 1 rings (SSSR count). The van der Waals surface area contributed by atoms with E-state index in [1.165, 1.54) is 6.92 Å². The number of primary amides is 1. The van der Waals surface area contributed by atoms with Crippen molar-refractivity contribution < 1.29 is 48.6 Å². The minimum Gasteiger partial charge on any atom is -0.481 e. The van der Waals surface area contributed by atoms with E-state index in [1.54, 1.807) is 27.7 Å². The van der Waals surface area contributed by atoms with E-state index in [4.69, 9.17) is 15.9 Å². The fraction of sp³-hybridized carbons (Fsp3) is 0.724. The van der Waals surface area contributed by atoms with Crippen molar-refractivity contribution >= 4 is 47.4 Å². The molecule has 1 aliphatic heterocycles. The summed E-state index contributed by atoms with van der Waals surface area (Å²) in [5.74, 6) is -7.94. The highest BCUT2D eigenvalue weighted by molar-refractivity contribution is 5.98. The average molecular weight is 656 g/mol. The van der Waals surface area contributed by atoms with Gasteiger partial charge >= 0.3 is 11.9 Å². The highest BCUT2D eigenvalue weighted by Gasteiger charge is 2.35. The van der Waals surface area contributed by atoms with E-state index in [0.717, 1.165) is 6.42 Å². The number of hydrogen-bond acceptors (Lipinski definition) is 9. The van der Waals surface area contributed by atoms with E-state index in [-0.39, 0.29) is 18.8 Å². The summed E-state index contributed by atoms with van der Waals surface area (Å²) in [6, 6.07) is -7.13. The third kappa shape index (κ3) is 13.8. The maximum atomic E-state index is 13.5. The monoisotopic (exact) mass is 655 g/mol. The van der Waals surface area contributed by atoms with E-state index >= 15 is 0 Å². The van der Waals surface area contributed by atoms with Crippen LogP contribution in [0.15, 0.2) is 0 Å². The first-order valence-electron chi connectivity index (χ1n) is 15.4. The lowest BCUT2D eigenvalue weighted by atomic mass is 9.96. The summed E-state index contributed by atoms with van der Waals surface area (Å²) in [7, 11) is 0. The maximum absolute atomic E-state index is 13.5. The number of aliphatic carboxylic acids is 2. The van der Waals surface area contributed by atoms with Crippen LogP contribution in [0, 0.1) is 11.8 Å². The number of carboxylic acid groups (broad SMARTS) is 2. The molecule has 17 nitrogen and oxygen atoms in total. The van der Waals surface area contributed by atoms with Gasteiger partial charge in [0.1, 0.15) is 30.2 Å². The van der Waals surface area contributed by atoms with Gasteiger partial charge in [-0.05, 0) is 51.0 Å². The minimum atomic E-state index is -1.59. The Balaban J connectivity index is 3.19. The number of nitrogens with one attached hydrogen (secondary N) is 6. The lowest BCUT2D eigenvalue weighted by Crippen LogP contribution is -2.60. The van der Waals surface area contributed by atoms with Gasteiger partial charge in [0.2, 0.25) is 35.4 Å². The number of carbonyl (C=O) groups excluding carboxylic acids is 6. The number of carboxylic acids is 2. The predicted octanol–water partition coefficient (Wildman–Crippen LogP) is -1.90. The molecule has 260 valence electrons. The average Bonchev–Trinajstić information content (AvgIpc) is 3.51. The smallest absolute Gasteiger partial charge is 0.325 e. The van der Waals surface area contributed by atoms with Crippen LogP contribution in [0.25, 0.3) is 0 Å². The van der Waals surface area contributed by atoms with Crippen molar-refractivity contribution in [1.82, 2.24) is 31.9 Å². The summed E-state index contributed by atoms with van der Waals surface area (Å²) < 4.78 is 0. The van der Waals surface area contributed by atoms with E-state index in [1.807, 2.05) is 0 Å². The first kappa shape index (κ1) is 39.7. The molecule has 0 aromatic heterocycles. The summed E-state index contributed by atoms with van der Waals surface area (Å²) in [6.45, 7) is 8.88. The summed E-state index contributed by atoms with van der Waals surface area (Å²) in [4.78, 5) is 100.0. The van der Waals surface area contributed by atoms with Gasteiger partial charge in [-0.15, -0.1) is 0 Å². The van der Waals surface area contributed by atoms with Gasteiger partial charge in [0, 0.05) is 6.42 Å². The SMILES string of the molecule is CCC(C)C(NC(=O)C(CC(N)=O)NC(=O)C(CCC(=O)O)NC(=O)C1CCCN1)C(=O)NC(CC(C)C)C(=O)NC(C)C(=O)O. The highest BCUT2D eigenvalue weighted by Crippen LogP contribution is 2.12. The van der Waals surface area contributed by atoms with Crippen molar-refractivity contribution in [3.8, 4) is 0 Å². The molecule has 46 heavy (non-hydrogen) atoms. The highest BCUT2D eigenvalue weighted by atomic mass is 16.4. The summed E-state index contributed by atoms with van der Waals surface area (Å²) in [5, 5.41) is 33.6. The Bertz CT molecular complexity index is 1130. The van der Waals surface area contributed by atoms with Crippen molar-refractivity contribution in [2.24, 2.45) is 17.6 Å². The van der Waals surface area contributed by atoms with Gasteiger partial charge in [-0.2, -0.15) is 0 Å². The summed E-state index contributed by atoms with van der Waals surface area (Å²) in [6.07, 6.45) is 0.342. The zero-order chi connectivity index (χ0) is 35.1. The number of carbonyl (C=O) groups is 8. The lowest BCUT2D eigenvalue weighted by Gasteiger charge is -2.29. The van der Waals surface area contributed by atoms with Crippen LogP contribution < -0.4 is 37.6 Å². The van der Waals surface area contributed by atoms with Crippen LogP contribution >= 0.6 is 0 Å². The van der Waals surface area contributed by atoms with Crippen LogP contribution in [0.2, 0.25) is 0 Å². The molecule has 0 radical (unpaired) electrons. The van der Waals surface area contributed by atoms with E-state index in [2.05, 4.69) is 31.9 Å². The van der Waals surface area contributed by atoms with Gasteiger partial charge in [0.15, 0.2) is 0 Å². The van der Waals surface area contributed by atoms with Crippen molar-refractivity contribution in [2.45, 2.75) is 116 Å². The van der Waals surface area contributed by atoms with Gasteiger partial charge < -0.3 is 47.8 Å². The van der Waals surface area contributed by atoms with Gasteiger partial charge in [-0.3, -0.25) is 38.4 Å². The second-order valence-corrected chi connectivity index (χ2v) is 12.0. The molecular formula is C29H49N7O10. The first-order chi connectivity index (χ1) is 21.5. The molecule has 1 aliphatic rings. The normalized spacial score (nSPS) is 18.2. The van der Waals surface area contributed by atoms with Crippen molar-refractivity contribution in [3.63, 3.8) is 0 Å². The van der Waals surface area contributed by atoms with Crippen molar-refractivity contribution in [3.05, 3.63) is 0 Å². The minimum absolute atomic E-state index is 0.0815. The Hall–Kier alpha value is -4.28. The van der Waals surface area contributed by atoms with Crippen LogP contribution in [0.4, 0.5) is 0 Å². The Morgan fingerprint density at radius 1 is 0.804 bits per heavy atom. The number of amides is 6. The van der Waals surface area contributed by atoms with Gasteiger partial charge in [0.25, 0.3) is 0 Å². The van der Waals surface area contributed by atoms with Crippen molar-refractivity contribution in [1.29, 1.82) is 0 Å². The molecule has 6 amide bonds. The van der Waals surface area contributed by atoms with Gasteiger partial charge in [0.05, 0.1) is 12.5 Å². The Morgan fingerprint density at radius 3 is 1.89 bits per heavy atom. The number of nitrogens with two attached hydrogens (primary N) is 1. The Kier molecular flexibility index (Phi) is 16.7. The fourth-order valence-corrected chi connectivity index (χ4v) is 4.70. The molecule has 0 saturated carbocycles. The molecule has 0 bridgehead atoms. The van der Waals surface area contributed by atoms with Crippen LogP contribution in [0.5, 0.6) is 0 Å². The molecule has 17 heteroatoms. The standard InChI is InChI=1S/C29H49N7O10/c1-6-15(4)23(28(44)35-19(12-14(2)3)26(42)32-16(5)29(45)46)36-27(43)20(13-21(30)37)34-25(41)18(9-10-22(38)39)33-24(40)17-8-7-11-31-17/h14-20,23,31H,6-13H2,1-5H3,(H2,30,37)(H,32,42)(H,33,40)(H,34,41)(H,35,44)(H,36,43)(H,38,39)(H,45,46). The zero-order valence-electron chi connectivity index (χ0n) is 27.0. The van der Waals surface area contributed by atoms with Crippen molar-refractivity contribution in [2.75, 3.05) is 6.54 Å². The van der Waals surface area contributed by atoms with Crippen LogP contribution in [0.1, 0.15) is 79.6 Å². The largest absolute Gasteiger partial charge is 0.481 e. The quantitative estimate of drug-likeness (QED) is 0.0698. The Morgan fingerprint density at radius 2 is 1.39 bits per heavy atom. The molecule has 1 heterocycles. The Labute approximate surface area is 267 Å². The summed E-state index contributed by atoms with van der Waals surface area (Å²) >= 11 is 0. The fourth-order valence-electron chi connectivity index (χ4n) is 4.70. The molecule has 10 N–H and O–H groups in total. The molecular weight excluding hydrogens is 606 g/mol. The third-order valence-electron chi connectivity index (χ3n) is 7.56. The molecule has 0 aromatic carbocycles. The molecule has 1 fully saturated rings. The second-order valence-electron chi connectivity index (χ2n) is 12.0. The molecule has 7 unspecified atom stereocenters. The van der Waals surface area contributed by atoms with E-state index in [0.29, 0.717) is 19.4 Å². The second kappa shape index (κ2) is 19.3. The first-order valence-corrected chi connectivity index (χ1v) is 15.4. The van der Waals surface area contributed by atoms with Gasteiger partial charge in [-0.1, -0.05) is 34.1 Å². The number of hydrogen-bond donors (Lipinski definition) is 9. The lowest BCUT2D eigenvalue weighted by molar-refractivity contribution is -0.142. The third-order valence-corrected chi connectivity index (χ3v) is 7.56. The molecule has 7 atom stereocenters. The molecule has 0 spiro atoms. The number of rotatable bonds is 20. The zero-order valence-corrected chi connectivity index (χ0v) is 27.0. The van der Waals surface area contributed by atoms with Crippen LogP contribution in [0.3, 0.4) is 0 Å². The van der Waals surface area contributed by atoms with Gasteiger partial charge in [-0.25, -0.2) is 0 Å². The molecule has 0 aliphatic carbocycles. The summed E-state index contributed by atoms with van der Waals surface area (Å²) in [5.41, 5.74) is 5.34. The predicted molar refractivity (Wildman–Crippen MR) is 164 cm³/mol. The topological polar surface area (TPSA) is 275 Å². The van der Waals surface area contributed by atoms with E-state index < -0.39 is 102 Å². The van der Waals surface area contributed by atoms with Crippen LogP contribution in [-0.4, -0.2) is 100 Å². The molecule has 0 aromatic rings. The van der Waals surface area contributed by atoms with E-state index in [9.17, 15) is 38.4 Å². The van der Waals surface area contributed by atoms with Crippen LogP contribution in [-0.2, 0) is 38.4 Å². The maximum Gasteiger partial charge on any atom is 0.325 e.